The molecule has 1 aromatic carbocycles. The molecule has 0 aromatic heterocycles. The van der Waals surface area contributed by atoms with Crippen LogP contribution in [0.3, 0.4) is 0 Å². The molecule has 2 rings (SSSR count). The number of unbranched alkanes of at least 4 members (excludes halogenated alkanes) is 1. The van der Waals surface area contributed by atoms with E-state index in [1.165, 1.54) is 5.56 Å². The summed E-state index contributed by atoms with van der Waals surface area (Å²) in [6.07, 6.45) is 2.87. The molecule has 0 aliphatic carbocycles. The average molecular weight is 312 g/mol. The number of hydrogen-bond acceptors (Lipinski definition) is 3. The van der Waals surface area contributed by atoms with Crippen LogP contribution in [0.1, 0.15) is 32.3 Å². The highest BCUT2D eigenvalue weighted by atomic mass is 35.5. The van der Waals surface area contributed by atoms with Crippen LogP contribution in [0.15, 0.2) is 18.2 Å². The smallest absolute Gasteiger partial charge is 0.138 e. The van der Waals surface area contributed by atoms with E-state index in [0.29, 0.717) is 17.2 Å². The van der Waals surface area contributed by atoms with E-state index in [2.05, 4.69) is 18.7 Å². The van der Waals surface area contributed by atoms with Crippen molar-refractivity contribution >= 4 is 11.6 Å². The van der Waals surface area contributed by atoms with Crippen LogP contribution < -0.4 is 4.74 Å². The van der Waals surface area contributed by atoms with E-state index < -0.39 is 0 Å². The molecule has 1 aliphatic rings. The van der Waals surface area contributed by atoms with Crippen LogP contribution in [-0.4, -0.2) is 43.3 Å². The second kappa shape index (κ2) is 8.02. The number of benzene rings is 1. The fraction of sp³-hybridized carbons (Fsp3) is 0.647. The van der Waals surface area contributed by atoms with E-state index >= 15 is 0 Å². The second-order valence-electron chi connectivity index (χ2n) is 6.01. The van der Waals surface area contributed by atoms with Gasteiger partial charge in [0.2, 0.25) is 0 Å². The summed E-state index contributed by atoms with van der Waals surface area (Å²) in [4.78, 5) is 2.48. The van der Waals surface area contributed by atoms with Crippen molar-refractivity contribution in [2.24, 2.45) is 0 Å². The minimum atomic E-state index is 0.344. The summed E-state index contributed by atoms with van der Waals surface area (Å²) in [6.45, 7) is 10.2. The first-order valence-corrected chi connectivity index (χ1v) is 8.19. The van der Waals surface area contributed by atoms with Gasteiger partial charge in [0.15, 0.2) is 0 Å². The summed E-state index contributed by atoms with van der Waals surface area (Å²) >= 11 is 6.12. The van der Waals surface area contributed by atoms with Gasteiger partial charge in [-0.3, -0.25) is 4.90 Å². The molecule has 0 amide bonds. The Morgan fingerprint density at radius 3 is 2.67 bits per heavy atom. The number of nitrogens with zero attached hydrogens (tertiary/aromatic N) is 1. The van der Waals surface area contributed by atoms with Gasteiger partial charge in [-0.15, -0.1) is 0 Å². The van der Waals surface area contributed by atoms with Crippen molar-refractivity contribution in [2.75, 3.05) is 26.2 Å². The van der Waals surface area contributed by atoms with Crippen LogP contribution in [-0.2, 0) is 4.74 Å². The summed E-state index contributed by atoms with van der Waals surface area (Å²) in [5, 5.41) is 0.691. The monoisotopic (exact) mass is 311 g/mol. The number of ether oxygens (including phenoxy) is 2. The first-order valence-electron chi connectivity index (χ1n) is 7.81. The third kappa shape index (κ3) is 5.50. The molecular formula is C17H26ClNO2. The predicted molar refractivity (Wildman–Crippen MR) is 87.4 cm³/mol. The third-order valence-corrected chi connectivity index (χ3v) is 4.02. The summed E-state index contributed by atoms with van der Waals surface area (Å²) in [5.74, 6) is 0.797. The lowest BCUT2D eigenvalue weighted by atomic mass is 10.2. The number of aryl methyl sites for hydroxylation is 1. The normalized spacial score (nSPS) is 23.2. The largest absolute Gasteiger partial charge is 0.492 e. The molecular weight excluding hydrogens is 286 g/mol. The Morgan fingerprint density at radius 2 is 1.95 bits per heavy atom. The molecule has 1 fully saturated rings. The van der Waals surface area contributed by atoms with Crippen molar-refractivity contribution in [3.63, 3.8) is 0 Å². The van der Waals surface area contributed by atoms with Crippen LogP contribution in [0.4, 0.5) is 0 Å². The zero-order valence-electron chi connectivity index (χ0n) is 13.3. The van der Waals surface area contributed by atoms with E-state index in [4.69, 9.17) is 21.1 Å². The van der Waals surface area contributed by atoms with Crippen molar-refractivity contribution < 1.29 is 9.47 Å². The van der Waals surface area contributed by atoms with Crippen molar-refractivity contribution in [1.29, 1.82) is 0 Å². The van der Waals surface area contributed by atoms with Crippen LogP contribution in [0.25, 0.3) is 0 Å². The average Bonchev–Trinajstić information content (AvgIpc) is 2.41. The topological polar surface area (TPSA) is 21.7 Å². The lowest BCUT2D eigenvalue weighted by molar-refractivity contribution is -0.0682. The van der Waals surface area contributed by atoms with Crippen molar-refractivity contribution in [3.8, 4) is 5.75 Å². The molecule has 2 atom stereocenters. The first kappa shape index (κ1) is 16.6. The first-order chi connectivity index (χ1) is 10.0. The van der Waals surface area contributed by atoms with Gasteiger partial charge >= 0.3 is 0 Å². The summed E-state index contributed by atoms with van der Waals surface area (Å²) in [7, 11) is 0. The van der Waals surface area contributed by atoms with Crippen molar-refractivity contribution in [2.45, 2.75) is 45.8 Å². The highest BCUT2D eigenvalue weighted by Gasteiger charge is 2.21. The maximum Gasteiger partial charge on any atom is 0.138 e. The Balaban J connectivity index is 1.65. The van der Waals surface area contributed by atoms with E-state index in [9.17, 15) is 0 Å². The fourth-order valence-corrected chi connectivity index (χ4v) is 2.98. The number of rotatable bonds is 6. The molecule has 1 heterocycles. The highest BCUT2D eigenvalue weighted by molar-refractivity contribution is 6.32. The summed E-state index contributed by atoms with van der Waals surface area (Å²) in [5.41, 5.74) is 1.17. The molecule has 21 heavy (non-hydrogen) atoms. The fourth-order valence-electron chi connectivity index (χ4n) is 2.81. The van der Waals surface area contributed by atoms with Gasteiger partial charge in [-0.25, -0.2) is 0 Å². The second-order valence-corrected chi connectivity index (χ2v) is 6.41. The van der Waals surface area contributed by atoms with E-state index in [0.717, 1.165) is 44.8 Å². The third-order valence-electron chi connectivity index (χ3n) is 3.71. The molecule has 1 saturated heterocycles. The van der Waals surface area contributed by atoms with Crippen LogP contribution in [0.5, 0.6) is 5.75 Å². The van der Waals surface area contributed by atoms with Gasteiger partial charge < -0.3 is 9.47 Å². The number of morpholine rings is 1. The van der Waals surface area contributed by atoms with Crippen molar-refractivity contribution in [3.05, 3.63) is 28.8 Å². The summed E-state index contributed by atoms with van der Waals surface area (Å²) < 4.78 is 11.5. The number of halogens is 1. The maximum absolute atomic E-state index is 6.12. The van der Waals surface area contributed by atoms with Gasteiger partial charge in [-0.05, 0) is 57.9 Å². The molecule has 2 unspecified atom stereocenters. The Labute approximate surface area is 133 Å². The van der Waals surface area contributed by atoms with Gasteiger partial charge in [-0.1, -0.05) is 17.7 Å². The molecule has 1 aromatic rings. The van der Waals surface area contributed by atoms with E-state index in [1.807, 2.05) is 25.1 Å². The van der Waals surface area contributed by atoms with Gasteiger partial charge in [0.25, 0.3) is 0 Å². The van der Waals surface area contributed by atoms with Gasteiger partial charge in [0, 0.05) is 13.1 Å². The minimum Gasteiger partial charge on any atom is -0.492 e. The molecule has 0 bridgehead atoms. The molecule has 3 nitrogen and oxygen atoms in total. The molecule has 118 valence electrons. The number of hydrogen-bond donors (Lipinski definition) is 0. The molecule has 0 radical (unpaired) electrons. The van der Waals surface area contributed by atoms with Gasteiger partial charge in [-0.2, -0.15) is 0 Å². The highest BCUT2D eigenvalue weighted by Crippen LogP contribution is 2.25. The Hall–Kier alpha value is -0.770. The minimum absolute atomic E-state index is 0.344. The Bertz CT molecular complexity index is 442. The molecule has 1 aliphatic heterocycles. The summed E-state index contributed by atoms with van der Waals surface area (Å²) in [6, 6.07) is 5.88. The van der Waals surface area contributed by atoms with E-state index in [-0.39, 0.29) is 0 Å². The molecule has 0 spiro atoms. The lowest BCUT2D eigenvalue weighted by Crippen LogP contribution is -2.45. The zero-order chi connectivity index (χ0) is 15.2. The van der Waals surface area contributed by atoms with Crippen LogP contribution >= 0.6 is 11.6 Å². The zero-order valence-corrected chi connectivity index (χ0v) is 14.0. The quantitative estimate of drug-likeness (QED) is 0.743. The molecule has 0 N–H and O–H groups in total. The standard InChI is InChI=1S/C17H26ClNO2/c1-13-6-7-16(18)17(10-13)20-9-5-4-8-19-11-14(2)21-15(3)12-19/h6-7,10,14-15H,4-5,8-9,11-12H2,1-3H3. The van der Waals surface area contributed by atoms with Crippen LogP contribution in [0.2, 0.25) is 5.02 Å². The lowest BCUT2D eigenvalue weighted by Gasteiger charge is -2.35. The predicted octanol–water partition coefficient (Wildman–Crippen LogP) is 3.92. The van der Waals surface area contributed by atoms with Crippen molar-refractivity contribution in [1.82, 2.24) is 4.90 Å². The Morgan fingerprint density at radius 1 is 1.24 bits per heavy atom. The van der Waals surface area contributed by atoms with E-state index in [1.54, 1.807) is 0 Å². The molecule has 0 saturated carbocycles. The Kier molecular flexibility index (Phi) is 6.34. The van der Waals surface area contributed by atoms with Gasteiger partial charge in [0.1, 0.15) is 5.75 Å². The van der Waals surface area contributed by atoms with Gasteiger partial charge in [0.05, 0.1) is 23.8 Å². The van der Waals surface area contributed by atoms with Crippen LogP contribution in [0, 0.1) is 6.92 Å². The SMILES string of the molecule is Cc1ccc(Cl)c(OCCCCN2CC(C)OC(C)C2)c1. The molecule has 4 heteroatoms. The maximum atomic E-state index is 6.12.